The van der Waals surface area contributed by atoms with E-state index in [2.05, 4.69) is 26.8 Å². The minimum atomic E-state index is -0.134. The normalized spacial score (nSPS) is 39.1. The van der Waals surface area contributed by atoms with Crippen LogP contribution in [0.5, 0.6) is 0 Å². The van der Waals surface area contributed by atoms with Crippen molar-refractivity contribution in [3.63, 3.8) is 0 Å². The van der Waals surface area contributed by atoms with Crippen LogP contribution in [0, 0.1) is 28.6 Å². The number of fused-ring (bicyclic) bond motifs is 5. The monoisotopic (exact) mass is 472 g/mol. The van der Waals surface area contributed by atoms with Crippen molar-refractivity contribution in [2.24, 2.45) is 28.6 Å². The van der Waals surface area contributed by atoms with Gasteiger partial charge in [0.15, 0.2) is 0 Å². The molecule has 34 heavy (non-hydrogen) atoms. The molecule has 0 aromatic rings. The number of aliphatic hydroxyl groups excluding tert-OH is 1. The fourth-order valence-electron chi connectivity index (χ4n) is 8.58. The van der Waals surface area contributed by atoms with Crippen molar-refractivity contribution < 1.29 is 14.6 Å². The van der Waals surface area contributed by atoms with Gasteiger partial charge in [-0.1, -0.05) is 83.8 Å². The lowest BCUT2D eigenvalue weighted by Crippen LogP contribution is -2.51. The van der Waals surface area contributed by atoms with Gasteiger partial charge in [-0.3, -0.25) is 4.79 Å². The summed E-state index contributed by atoms with van der Waals surface area (Å²) in [5, 5.41) is 10.2. The summed E-state index contributed by atoms with van der Waals surface area (Å²) in [7, 11) is 0. The molecule has 0 spiro atoms. The van der Waals surface area contributed by atoms with Crippen molar-refractivity contribution >= 4 is 5.97 Å². The number of hydrogen-bond acceptors (Lipinski definition) is 3. The van der Waals surface area contributed by atoms with Gasteiger partial charge in [0.1, 0.15) is 6.10 Å². The molecule has 3 heteroatoms. The van der Waals surface area contributed by atoms with Crippen LogP contribution in [-0.2, 0) is 9.53 Å². The molecule has 0 heterocycles. The molecule has 4 rings (SSSR count). The van der Waals surface area contributed by atoms with Gasteiger partial charge in [0, 0.05) is 11.8 Å². The molecule has 0 aliphatic heterocycles. The second kappa shape index (κ2) is 11.5. The molecule has 0 amide bonds. The summed E-state index contributed by atoms with van der Waals surface area (Å²) in [6, 6.07) is 0. The van der Waals surface area contributed by atoms with Gasteiger partial charge in [-0.15, -0.1) is 0 Å². The summed E-state index contributed by atoms with van der Waals surface area (Å²) in [6.07, 6.45) is 23.5. The van der Waals surface area contributed by atoms with Gasteiger partial charge >= 0.3 is 5.97 Å². The van der Waals surface area contributed by atoms with Gasteiger partial charge in [-0.25, -0.2) is 0 Å². The lowest BCUT2D eigenvalue weighted by molar-refractivity contribution is -0.159. The second-order valence-electron chi connectivity index (χ2n) is 12.8. The van der Waals surface area contributed by atoms with Gasteiger partial charge in [0.2, 0.25) is 0 Å². The molecule has 4 aliphatic rings. The summed E-state index contributed by atoms with van der Waals surface area (Å²) in [5.74, 6) is 2.20. The van der Waals surface area contributed by atoms with E-state index in [0.29, 0.717) is 12.3 Å². The maximum Gasteiger partial charge on any atom is 0.306 e. The first kappa shape index (κ1) is 26.2. The Hall–Kier alpha value is -0.830. The van der Waals surface area contributed by atoms with Gasteiger partial charge in [-0.2, -0.15) is 0 Å². The summed E-state index contributed by atoms with van der Waals surface area (Å²) in [4.78, 5) is 12.7. The number of carbonyl (C=O) groups is 1. The first-order valence-corrected chi connectivity index (χ1v) is 15.0. The van der Waals surface area contributed by atoms with Crippen molar-refractivity contribution in [1.82, 2.24) is 0 Å². The Morgan fingerprint density at radius 2 is 1.65 bits per heavy atom. The molecule has 7 atom stereocenters. The van der Waals surface area contributed by atoms with Crippen LogP contribution in [-0.4, -0.2) is 23.3 Å². The molecule has 2 unspecified atom stereocenters. The van der Waals surface area contributed by atoms with Crippen molar-refractivity contribution in [3.05, 3.63) is 11.6 Å². The minimum Gasteiger partial charge on any atom is -0.462 e. The molecule has 4 aliphatic carbocycles. The lowest BCUT2D eigenvalue weighted by Gasteiger charge is -2.57. The Kier molecular flexibility index (Phi) is 8.86. The summed E-state index contributed by atoms with van der Waals surface area (Å²) in [5.41, 5.74) is 1.98. The number of allylic oxidation sites excluding steroid dienone is 1. The van der Waals surface area contributed by atoms with Crippen molar-refractivity contribution in [2.75, 3.05) is 0 Å². The van der Waals surface area contributed by atoms with Crippen LogP contribution in [0.3, 0.4) is 0 Å². The molecule has 1 N–H and O–H groups in total. The third-order valence-electron chi connectivity index (χ3n) is 10.7. The fourth-order valence-corrected chi connectivity index (χ4v) is 8.58. The standard InChI is InChI=1S/C31H52O3/c1-4-5-6-7-8-9-10-11-12-13-29(33)34-28-17-16-26-25-15-14-23-22-24(32)18-20-30(23,2)27(25)19-21-31(26,28)3/h14,24-28,32H,4-13,15-22H2,1-3H3/t24?,25-,26-,27-,28?,30-,31-/m0/s1. The number of aliphatic hydroxyl groups is 1. The maximum atomic E-state index is 12.7. The van der Waals surface area contributed by atoms with Crippen LogP contribution in [0.4, 0.5) is 0 Å². The van der Waals surface area contributed by atoms with E-state index in [1.165, 1.54) is 82.6 Å². The molecule has 3 nitrogen and oxygen atoms in total. The number of hydrogen-bond donors (Lipinski definition) is 1. The number of unbranched alkanes of at least 4 members (excludes halogenated alkanes) is 8. The number of rotatable bonds is 11. The molecule has 194 valence electrons. The average Bonchev–Trinajstić information content (AvgIpc) is 3.14. The van der Waals surface area contributed by atoms with Crippen molar-refractivity contribution in [1.29, 1.82) is 0 Å². The van der Waals surface area contributed by atoms with E-state index in [9.17, 15) is 9.90 Å². The number of esters is 1. The first-order chi connectivity index (χ1) is 16.4. The molecule has 0 aromatic carbocycles. The van der Waals surface area contributed by atoms with Crippen LogP contribution < -0.4 is 0 Å². The molecule has 0 aromatic heterocycles. The zero-order chi connectivity index (χ0) is 24.2. The highest BCUT2D eigenvalue weighted by Crippen LogP contribution is 2.65. The molecular formula is C31H52O3. The second-order valence-corrected chi connectivity index (χ2v) is 12.8. The minimum absolute atomic E-state index is 0.0519. The van der Waals surface area contributed by atoms with Crippen LogP contribution in [0.25, 0.3) is 0 Å². The molecule has 0 saturated heterocycles. The quantitative estimate of drug-likeness (QED) is 0.187. The summed E-state index contributed by atoms with van der Waals surface area (Å²) in [6.45, 7) is 7.19. The predicted octanol–water partition coefficient (Wildman–Crippen LogP) is 8.14. The molecule has 0 radical (unpaired) electrons. The summed E-state index contributed by atoms with van der Waals surface area (Å²) < 4.78 is 6.19. The number of carbonyl (C=O) groups excluding carboxylic acids is 1. The zero-order valence-corrected chi connectivity index (χ0v) is 22.5. The van der Waals surface area contributed by atoms with E-state index in [0.717, 1.165) is 43.9 Å². The lowest BCUT2D eigenvalue weighted by atomic mass is 9.48. The SMILES string of the molecule is CCCCCCCCCCCC(=O)OC1CC[C@H]2[C@@H]3CC=C4CC(O)CC[C@]4(C)[C@H]3CC[C@]12C. The molecular weight excluding hydrogens is 420 g/mol. The van der Waals surface area contributed by atoms with E-state index >= 15 is 0 Å². The Bertz CT molecular complexity index is 713. The Balaban J connectivity index is 1.24. The Morgan fingerprint density at radius 3 is 2.38 bits per heavy atom. The van der Waals surface area contributed by atoms with Crippen molar-refractivity contribution in [3.8, 4) is 0 Å². The molecule has 0 bridgehead atoms. The highest BCUT2D eigenvalue weighted by atomic mass is 16.5. The van der Waals surface area contributed by atoms with Crippen LogP contribution >= 0.6 is 0 Å². The largest absolute Gasteiger partial charge is 0.462 e. The van der Waals surface area contributed by atoms with Gasteiger partial charge < -0.3 is 9.84 Å². The van der Waals surface area contributed by atoms with Crippen LogP contribution in [0.15, 0.2) is 11.6 Å². The number of ether oxygens (including phenoxy) is 1. The smallest absolute Gasteiger partial charge is 0.306 e. The van der Waals surface area contributed by atoms with E-state index in [-0.39, 0.29) is 29.0 Å². The van der Waals surface area contributed by atoms with Gasteiger partial charge in [0.25, 0.3) is 0 Å². The van der Waals surface area contributed by atoms with Crippen LogP contribution in [0.2, 0.25) is 0 Å². The highest BCUT2D eigenvalue weighted by Gasteiger charge is 2.59. The van der Waals surface area contributed by atoms with E-state index < -0.39 is 0 Å². The first-order valence-electron chi connectivity index (χ1n) is 15.0. The fraction of sp³-hybridized carbons (Fsp3) is 0.903. The van der Waals surface area contributed by atoms with Gasteiger partial charge in [0.05, 0.1) is 6.10 Å². The van der Waals surface area contributed by atoms with Crippen molar-refractivity contribution in [2.45, 2.75) is 149 Å². The topological polar surface area (TPSA) is 46.5 Å². The van der Waals surface area contributed by atoms with E-state index in [4.69, 9.17) is 4.74 Å². The van der Waals surface area contributed by atoms with Crippen LogP contribution in [0.1, 0.15) is 136 Å². The maximum absolute atomic E-state index is 12.7. The molecule has 3 fully saturated rings. The zero-order valence-electron chi connectivity index (χ0n) is 22.5. The van der Waals surface area contributed by atoms with Gasteiger partial charge in [-0.05, 0) is 81.0 Å². The summed E-state index contributed by atoms with van der Waals surface area (Å²) >= 11 is 0. The molecule has 3 saturated carbocycles. The third kappa shape index (κ3) is 5.45. The third-order valence-corrected chi connectivity index (χ3v) is 10.7. The Morgan fingerprint density at radius 1 is 0.941 bits per heavy atom. The average molecular weight is 473 g/mol. The highest BCUT2D eigenvalue weighted by molar-refractivity contribution is 5.69. The van der Waals surface area contributed by atoms with E-state index in [1.54, 1.807) is 0 Å². The Labute approximate surface area is 209 Å². The van der Waals surface area contributed by atoms with E-state index in [1.807, 2.05) is 0 Å². The predicted molar refractivity (Wildman–Crippen MR) is 139 cm³/mol.